The van der Waals surface area contributed by atoms with E-state index in [-0.39, 0.29) is 16.7 Å². The highest BCUT2D eigenvalue weighted by Gasteiger charge is 2.25. The van der Waals surface area contributed by atoms with Crippen LogP contribution in [0.1, 0.15) is 36.6 Å². The Hall–Kier alpha value is -3.40. The molecule has 3 rings (SSSR count). The molecule has 0 atom stereocenters. The van der Waals surface area contributed by atoms with Crippen LogP contribution in [0.2, 0.25) is 10.0 Å². The second-order valence-electron chi connectivity index (χ2n) is 8.80. The molecule has 11 heteroatoms. The Kier molecular flexibility index (Phi) is 8.32. The maximum atomic E-state index is 13.3. The summed E-state index contributed by atoms with van der Waals surface area (Å²) in [6.07, 6.45) is 2.53. The molecule has 0 saturated carbocycles. The molecule has 3 amide bonds. The van der Waals surface area contributed by atoms with Crippen LogP contribution in [-0.4, -0.2) is 58.5 Å². The lowest BCUT2D eigenvalue weighted by atomic mass is 9.99. The quantitative estimate of drug-likeness (QED) is 0.426. The van der Waals surface area contributed by atoms with E-state index in [4.69, 9.17) is 23.2 Å². The predicted molar refractivity (Wildman–Crippen MR) is 147 cm³/mol. The monoisotopic (exact) mass is 561 g/mol. The average molecular weight is 562 g/mol. The predicted octanol–water partition coefficient (Wildman–Crippen LogP) is 5.50. The maximum absolute atomic E-state index is 13.3. The van der Waals surface area contributed by atoms with Crippen LogP contribution in [0.3, 0.4) is 0 Å². The van der Waals surface area contributed by atoms with Crippen LogP contribution in [0.15, 0.2) is 52.9 Å². The Bertz CT molecular complexity index is 1550. The zero-order valence-corrected chi connectivity index (χ0v) is 23.1. The highest BCUT2D eigenvalue weighted by Crippen LogP contribution is 2.33. The normalized spacial score (nSPS) is 11.1. The van der Waals surface area contributed by atoms with Crippen molar-refractivity contribution in [1.82, 2.24) is 4.90 Å². The van der Waals surface area contributed by atoms with Crippen LogP contribution in [0.5, 0.6) is 5.75 Å². The zero-order chi connectivity index (χ0) is 27.7. The number of anilines is 1. The standard InChI is InChI=1S/C26H25Cl2N3O5S/c1-14-6-7-15(17-9-8-16(27)11-21(17)28)10-22(14)29-24(33)18-13-23(32)20(25(34)30-37(4,5)36)12-19(18)26(35)31(2)3/h6-13,32H,1-5H3,(H,29,33). The first-order valence-electron chi connectivity index (χ1n) is 10.9. The number of benzene rings is 3. The lowest BCUT2D eigenvalue weighted by molar-refractivity contribution is 0.0821. The van der Waals surface area contributed by atoms with Gasteiger partial charge in [-0.1, -0.05) is 41.4 Å². The Morgan fingerprint density at radius 1 is 0.946 bits per heavy atom. The van der Waals surface area contributed by atoms with Gasteiger partial charge in [0.15, 0.2) is 0 Å². The molecule has 0 spiro atoms. The van der Waals surface area contributed by atoms with Gasteiger partial charge in [-0.3, -0.25) is 14.4 Å². The molecule has 0 saturated heterocycles. The van der Waals surface area contributed by atoms with Crippen LogP contribution in [0, 0.1) is 6.92 Å². The third-order valence-electron chi connectivity index (χ3n) is 5.28. The minimum atomic E-state index is -2.82. The Balaban J connectivity index is 2.08. The summed E-state index contributed by atoms with van der Waals surface area (Å²) in [4.78, 5) is 40.0. The fraction of sp³-hybridized carbons (Fsp3) is 0.192. The molecule has 37 heavy (non-hydrogen) atoms. The van der Waals surface area contributed by atoms with Crippen molar-refractivity contribution in [1.29, 1.82) is 0 Å². The first-order chi connectivity index (χ1) is 17.2. The number of hydrogen-bond donors (Lipinski definition) is 2. The number of carbonyl (C=O) groups is 3. The number of carbonyl (C=O) groups excluding carboxylic acids is 3. The molecule has 0 aliphatic rings. The SMILES string of the molecule is Cc1ccc(-c2ccc(Cl)cc2Cl)cc1NC(=O)c1cc(O)c(C(=O)N=S(C)(C)=O)cc1C(=O)N(C)C. The van der Waals surface area contributed by atoms with Crippen molar-refractivity contribution < 1.29 is 23.7 Å². The molecule has 2 N–H and O–H groups in total. The van der Waals surface area contributed by atoms with Crippen LogP contribution in [0.4, 0.5) is 5.69 Å². The highest BCUT2D eigenvalue weighted by atomic mass is 35.5. The summed E-state index contributed by atoms with van der Waals surface area (Å²) in [5.41, 5.74) is 1.98. The second kappa shape index (κ2) is 10.9. The highest BCUT2D eigenvalue weighted by molar-refractivity contribution is 7.92. The van der Waals surface area contributed by atoms with Crippen molar-refractivity contribution in [2.24, 2.45) is 4.36 Å². The van der Waals surface area contributed by atoms with E-state index in [1.807, 2.05) is 6.07 Å². The van der Waals surface area contributed by atoms with Gasteiger partial charge in [-0.2, -0.15) is 4.36 Å². The molecule has 0 radical (unpaired) electrons. The topological polar surface area (TPSA) is 116 Å². The second-order valence-corrected chi connectivity index (χ2v) is 12.2. The van der Waals surface area contributed by atoms with Gasteiger partial charge in [0.2, 0.25) is 0 Å². The summed E-state index contributed by atoms with van der Waals surface area (Å²) in [7, 11) is 0.147. The van der Waals surface area contributed by atoms with Gasteiger partial charge in [-0.05, 0) is 48.4 Å². The van der Waals surface area contributed by atoms with Gasteiger partial charge < -0.3 is 15.3 Å². The fourth-order valence-corrected chi connectivity index (χ4v) is 4.47. The van der Waals surface area contributed by atoms with Crippen molar-refractivity contribution in [3.63, 3.8) is 0 Å². The molecule has 0 heterocycles. The minimum absolute atomic E-state index is 0.132. The summed E-state index contributed by atoms with van der Waals surface area (Å²) >= 11 is 12.3. The Morgan fingerprint density at radius 3 is 2.22 bits per heavy atom. The van der Waals surface area contributed by atoms with Crippen LogP contribution in [0.25, 0.3) is 11.1 Å². The lowest BCUT2D eigenvalue weighted by Crippen LogP contribution is -2.26. The zero-order valence-electron chi connectivity index (χ0n) is 20.8. The molecule has 0 bridgehead atoms. The van der Waals surface area contributed by atoms with Gasteiger partial charge in [0, 0.05) is 57.6 Å². The van der Waals surface area contributed by atoms with Gasteiger partial charge in [0.1, 0.15) is 5.75 Å². The molecule has 0 aliphatic heterocycles. The number of nitrogens with one attached hydrogen (secondary N) is 1. The number of hydrogen-bond acceptors (Lipinski definition) is 5. The molecule has 0 fully saturated rings. The van der Waals surface area contributed by atoms with Gasteiger partial charge in [-0.25, -0.2) is 4.21 Å². The molecule has 194 valence electrons. The number of phenolic OH excluding ortho intramolecular Hbond substituents is 1. The first-order valence-corrected chi connectivity index (χ1v) is 13.9. The van der Waals surface area contributed by atoms with E-state index in [0.717, 1.165) is 23.3 Å². The molecule has 0 aromatic heterocycles. The number of rotatable bonds is 5. The first kappa shape index (κ1) is 28.2. The maximum Gasteiger partial charge on any atom is 0.288 e. The van der Waals surface area contributed by atoms with E-state index in [1.54, 1.807) is 37.3 Å². The number of halogens is 2. The van der Waals surface area contributed by atoms with E-state index in [2.05, 4.69) is 9.68 Å². The van der Waals surface area contributed by atoms with Crippen molar-refractivity contribution in [2.75, 3.05) is 31.9 Å². The molecule has 3 aromatic carbocycles. The largest absolute Gasteiger partial charge is 0.507 e. The average Bonchev–Trinajstić information content (AvgIpc) is 2.78. The summed E-state index contributed by atoms with van der Waals surface area (Å²) in [6, 6.07) is 12.6. The van der Waals surface area contributed by atoms with E-state index < -0.39 is 33.2 Å². The van der Waals surface area contributed by atoms with Crippen LogP contribution < -0.4 is 5.32 Å². The molecular weight excluding hydrogens is 537 g/mol. The van der Waals surface area contributed by atoms with Crippen molar-refractivity contribution in [3.8, 4) is 16.9 Å². The number of aryl methyl sites for hydroxylation is 1. The molecule has 8 nitrogen and oxygen atoms in total. The molecule has 3 aromatic rings. The van der Waals surface area contributed by atoms with Crippen molar-refractivity contribution in [3.05, 3.63) is 80.8 Å². The van der Waals surface area contributed by atoms with Crippen LogP contribution >= 0.6 is 23.2 Å². The fourth-order valence-electron chi connectivity index (χ4n) is 3.45. The number of nitrogens with zero attached hydrogens (tertiary/aromatic N) is 2. The van der Waals surface area contributed by atoms with E-state index in [1.165, 1.54) is 31.5 Å². The van der Waals surface area contributed by atoms with E-state index in [0.29, 0.717) is 21.3 Å². The van der Waals surface area contributed by atoms with Gasteiger partial charge >= 0.3 is 0 Å². The summed E-state index contributed by atoms with van der Waals surface area (Å²) < 4.78 is 15.5. The van der Waals surface area contributed by atoms with Crippen LogP contribution in [-0.2, 0) is 9.73 Å². The van der Waals surface area contributed by atoms with Gasteiger partial charge in [-0.15, -0.1) is 0 Å². The number of amides is 3. The number of aromatic hydroxyl groups is 1. The van der Waals surface area contributed by atoms with Crippen molar-refractivity contribution in [2.45, 2.75) is 6.92 Å². The van der Waals surface area contributed by atoms with Gasteiger partial charge in [0.25, 0.3) is 17.7 Å². The summed E-state index contributed by atoms with van der Waals surface area (Å²) in [5.74, 6) is -2.80. The summed E-state index contributed by atoms with van der Waals surface area (Å²) in [6.45, 7) is 1.79. The Morgan fingerprint density at radius 2 is 1.62 bits per heavy atom. The lowest BCUT2D eigenvalue weighted by Gasteiger charge is -2.17. The third-order valence-corrected chi connectivity index (χ3v) is 6.43. The van der Waals surface area contributed by atoms with E-state index in [9.17, 15) is 23.7 Å². The minimum Gasteiger partial charge on any atom is -0.507 e. The Labute approximate surface area is 225 Å². The molecule has 0 unspecified atom stereocenters. The number of phenols is 1. The molecule has 0 aliphatic carbocycles. The summed E-state index contributed by atoms with van der Waals surface area (Å²) in [5, 5.41) is 14.2. The van der Waals surface area contributed by atoms with E-state index >= 15 is 0 Å². The molecular formula is C26H25Cl2N3O5S. The van der Waals surface area contributed by atoms with Crippen molar-refractivity contribution >= 4 is 56.3 Å². The smallest absolute Gasteiger partial charge is 0.288 e. The van der Waals surface area contributed by atoms with Gasteiger partial charge in [0.05, 0.1) is 16.7 Å². The third kappa shape index (κ3) is 6.68.